The molecule has 16 heavy (non-hydrogen) atoms. The van der Waals surface area contributed by atoms with Crippen molar-refractivity contribution in [3.05, 3.63) is 29.8 Å². The second-order valence-corrected chi connectivity index (χ2v) is 3.83. The number of carbonyl (C=O) groups excluding carboxylic acids is 1. The van der Waals surface area contributed by atoms with Gasteiger partial charge in [0, 0.05) is 4.90 Å². The largest absolute Gasteiger partial charge is 0.469 e. The molecule has 0 amide bonds. The van der Waals surface area contributed by atoms with Crippen molar-refractivity contribution in [2.24, 2.45) is 0 Å². The molecule has 0 aliphatic rings. The Morgan fingerprint density at radius 2 is 2.06 bits per heavy atom. The van der Waals surface area contributed by atoms with Crippen LogP contribution in [-0.4, -0.2) is 29.4 Å². The predicted molar refractivity (Wildman–Crippen MR) is 61.3 cm³/mol. The molecule has 0 radical (unpaired) electrons. The van der Waals surface area contributed by atoms with Gasteiger partial charge < -0.3 is 14.9 Å². The van der Waals surface area contributed by atoms with Crippen molar-refractivity contribution in [3.8, 4) is 0 Å². The van der Waals surface area contributed by atoms with Crippen LogP contribution >= 0.6 is 12.6 Å². The highest BCUT2D eigenvalue weighted by atomic mass is 32.1. The molecule has 0 fully saturated rings. The van der Waals surface area contributed by atoms with Gasteiger partial charge in [0.2, 0.25) is 0 Å². The van der Waals surface area contributed by atoms with E-state index in [1.165, 1.54) is 7.11 Å². The van der Waals surface area contributed by atoms with E-state index in [9.17, 15) is 15.0 Å². The number of hydrogen-bond donors (Lipinski definition) is 3. The Hall–Kier alpha value is -1.04. The maximum Gasteiger partial charge on any atom is 0.308 e. The summed E-state index contributed by atoms with van der Waals surface area (Å²) in [5.74, 6) is -0.566. The summed E-state index contributed by atoms with van der Waals surface area (Å²) in [5.41, 5.74) is 0.488. The molecule has 0 spiro atoms. The monoisotopic (exact) mass is 242 g/mol. The van der Waals surface area contributed by atoms with E-state index in [2.05, 4.69) is 17.4 Å². The number of hydrogen-bond acceptors (Lipinski definition) is 5. The maximum absolute atomic E-state index is 10.9. The van der Waals surface area contributed by atoms with Gasteiger partial charge in [-0.15, -0.1) is 12.6 Å². The normalized spacial score (nSPS) is 14.2. The number of carbonyl (C=O) groups is 1. The molecule has 0 aliphatic carbocycles. The van der Waals surface area contributed by atoms with Crippen molar-refractivity contribution in [1.82, 2.24) is 0 Å². The van der Waals surface area contributed by atoms with Gasteiger partial charge >= 0.3 is 5.97 Å². The van der Waals surface area contributed by atoms with Gasteiger partial charge in [-0.2, -0.15) is 0 Å². The van der Waals surface area contributed by atoms with E-state index in [1.807, 2.05) is 0 Å². The number of esters is 1. The highest BCUT2D eigenvalue weighted by Gasteiger charge is 2.22. The van der Waals surface area contributed by atoms with Gasteiger partial charge in [-0.05, 0) is 11.6 Å². The number of ether oxygens (including phenoxy) is 1. The SMILES string of the molecule is COC(=O)CC(O)C(O)c1ccccc1S. The summed E-state index contributed by atoms with van der Waals surface area (Å²) < 4.78 is 4.41. The van der Waals surface area contributed by atoms with Gasteiger partial charge in [-0.25, -0.2) is 0 Å². The van der Waals surface area contributed by atoms with E-state index < -0.39 is 18.2 Å². The van der Waals surface area contributed by atoms with Crippen LogP contribution in [0.25, 0.3) is 0 Å². The van der Waals surface area contributed by atoms with E-state index in [0.717, 1.165) is 0 Å². The lowest BCUT2D eigenvalue weighted by atomic mass is 10.0. The first kappa shape index (κ1) is 13.0. The van der Waals surface area contributed by atoms with Crippen LogP contribution in [-0.2, 0) is 9.53 Å². The van der Waals surface area contributed by atoms with Crippen molar-refractivity contribution >= 4 is 18.6 Å². The van der Waals surface area contributed by atoms with E-state index in [1.54, 1.807) is 24.3 Å². The Kier molecular flexibility index (Phi) is 4.79. The summed E-state index contributed by atoms with van der Waals surface area (Å²) in [4.78, 5) is 11.5. The fraction of sp³-hybridized carbons (Fsp3) is 0.364. The summed E-state index contributed by atoms with van der Waals surface area (Å²) in [7, 11) is 1.23. The van der Waals surface area contributed by atoms with Crippen molar-refractivity contribution < 1.29 is 19.7 Å². The molecule has 1 aromatic rings. The molecule has 5 heteroatoms. The van der Waals surface area contributed by atoms with E-state index >= 15 is 0 Å². The zero-order valence-corrected chi connectivity index (χ0v) is 9.72. The first-order valence-electron chi connectivity index (χ1n) is 4.77. The molecule has 2 atom stereocenters. The Bertz CT molecular complexity index is 367. The summed E-state index contributed by atoms with van der Waals surface area (Å²) in [6.45, 7) is 0. The lowest BCUT2D eigenvalue weighted by Gasteiger charge is -2.18. The van der Waals surface area contributed by atoms with E-state index in [-0.39, 0.29) is 6.42 Å². The number of aliphatic hydroxyl groups excluding tert-OH is 2. The number of rotatable bonds is 4. The van der Waals surface area contributed by atoms with Crippen LogP contribution in [0, 0.1) is 0 Å². The number of thiol groups is 1. The summed E-state index contributed by atoms with van der Waals surface area (Å²) in [6, 6.07) is 6.84. The second kappa shape index (κ2) is 5.89. The molecular formula is C11H14O4S. The molecule has 88 valence electrons. The molecule has 0 aromatic heterocycles. The Morgan fingerprint density at radius 1 is 1.44 bits per heavy atom. The third kappa shape index (κ3) is 3.23. The molecular weight excluding hydrogens is 228 g/mol. The quantitative estimate of drug-likeness (QED) is 0.543. The standard InChI is InChI=1S/C11H14O4S/c1-15-10(13)6-8(12)11(14)7-4-2-3-5-9(7)16/h2-5,8,11-12,14,16H,6H2,1H3. The summed E-state index contributed by atoms with van der Waals surface area (Å²) in [6.07, 6.45) is -2.59. The first-order valence-corrected chi connectivity index (χ1v) is 5.21. The molecule has 2 N–H and O–H groups in total. The third-order valence-electron chi connectivity index (χ3n) is 2.22. The van der Waals surface area contributed by atoms with Crippen LogP contribution in [0.5, 0.6) is 0 Å². The van der Waals surface area contributed by atoms with E-state index in [4.69, 9.17) is 0 Å². The lowest BCUT2D eigenvalue weighted by Crippen LogP contribution is -2.22. The number of aliphatic hydroxyl groups is 2. The van der Waals surface area contributed by atoms with Crippen molar-refractivity contribution in [2.45, 2.75) is 23.5 Å². The van der Waals surface area contributed by atoms with Crippen LogP contribution in [0.2, 0.25) is 0 Å². The molecule has 1 rings (SSSR count). The third-order valence-corrected chi connectivity index (χ3v) is 2.63. The minimum atomic E-state index is -1.19. The number of benzene rings is 1. The van der Waals surface area contributed by atoms with Crippen LogP contribution < -0.4 is 0 Å². The highest BCUT2D eigenvalue weighted by Crippen LogP contribution is 2.24. The fourth-order valence-electron chi connectivity index (χ4n) is 1.31. The van der Waals surface area contributed by atoms with Crippen molar-refractivity contribution in [3.63, 3.8) is 0 Å². The van der Waals surface area contributed by atoms with E-state index in [0.29, 0.717) is 10.5 Å². The van der Waals surface area contributed by atoms with Crippen LogP contribution in [0.4, 0.5) is 0 Å². The van der Waals surface area contributed by atoms with Crippen LogP contribution in [0.1, 0.15) is 18.1 Å². The van der Waals surface area contributed by atoms with Gasteiger partial charge in [0.15, 0.2) is 0 Å². The zero-order valence-electron chi connectivity index (χ0n) is 8.83. The fourth-order valence-corrected chi connectivity index (χ4v) is 1.60. The first-order chi connectivity index (χ1) is 7.56. The highest BCUT2D eigenvalue weighted by molar-refractivity contribution is 7.80. The lowest BCUT2D eigenvalue weighted by molar-refractivity contribution is -0.144. The second-order valence-electron chi connectivity index (χ2n) is 3.35. The average molecular weight is 242 g/mol. The molecule has 2 unspecified atom stereocenters. The topological polar surface area (TPSA) is 66.8 Å². The predicted octanol–water partition coefficient (Wildman–Crippen LogP) is 0.933. The van der Waals surface area contributed by atoms with Gasteiger partial charge in [0.25, 0.3) is 0 Å². The van der Waals surface area contributed by atoms with Crippen LogP contribution in [0.3, 0.4) is 0 Å². The summed E-state index contributed by atoms with van der Waals surface area (Å²) in [5, 5.41) is 19.4. The number of methoxy groups -OCH3 is 1. The maximum atomic E-state index is 10.9. The summed E-state index contributed by atoms with van der Waals surface area (Å²) >= 11 is 4.16. The zero-order chi connectivity index (χ0) is 12.1. The van der Waals surface area contributed by atoms with Gasteiger partial charge in [0.05, 0.1) is 19.6 Å². The molecule has 0 bridgehead atoms. The van der Waals surface area contributed by atoms with Gasteiger partial charge in [-0.1, -0.05) is 18.2 Å². The van der Waals surface area contributed by atoms with Gasteiger partial charge in [0.1, 0.15) is 6.10 Å². The smallest absolute Gasteiger partial charge is 0.308 e. The van der Waals surface area contributed by atoms with Gasteiger partial charge in [-0.3, -0.25) is 4.79 Å². The molecule has 4 nitrogen and oxygen atoms in total. The molecule has 0 aliphatic heterocycles. The minimum Gasteiger partial charge on any atom is -0.469 e. The molecule has 0 saturated carbocycles. The molecule has 0 saturated heterocycles. The van der Waals surface area contributed by atoms with Crippen molar-refractivity contribution in [1.29, 1.82) is 0 Å². The Morgan fingerprint density at radius 3 is 2.62 bits per heavy atom. The Labute approximate surface area is 99.3 Å². The Balaban J connectivity index is 2.74. The van der Waals surface area contributed by atoms with Crippen molar-refractivity contribution in [2.75, 3.05) is 7.11 Å². The molecule has 1 aromatic carbocycles. The minimum absolute atomic E-state index is 0.250. The average Bonchev–Trinajstić information content (AvgIpc) is 2.28. The molecule has 0 heterocycles. The van der Waals surface area contributed by atoms with Crippen LogP contribution in [0.15, 0.2) is 29.2 Å².